The summed E-state index contributed by atoms with van der Waals surface area (Å²) < 4.78 is 58.0. The lowest BCUT2D eigenvalue weighted by Crippen LogP contribution is -2.50. The molecule has 43 heavy (non-hydrogen) atoms. The highest BCUT2D eigenvalue weighted by Gasteiger charge is 2.38. The lowest BCUT2D eigenvalue weighted by molar-refractivity contribution is -0.144. The van der Waals surface area contributed by atoms with Crippen molar-refractivity contribution >= 4 is 23.1 Å². The quantitative estimate of drug-likeness (QED) is 0.447. The highest BCUT2D eigenvalue weighted by molar-refractivity contribution is 6.07. The van der Waals surface area contributed by atoms with E-state index >= 15 is 4.39 Å². The van der Waals surface area contributed by atoms with E-state index in [1.54, 1.807) is 12.3 Å². The molecule has 5 rings (SSSR count). The molecule has 2 fully saturated rings. The van der Waals surface area contributed by atoms with E-state index in [1.807, 2.05) is 24.9 Å². The predicted molar refractivity (Wildman–Crippen MR) is 158 cm³/mol. The van der Waals surface area contributed by atoms with Gasteiger partial charge in [0, 0.05) is 82.3 Å². The first-order valence-corrected chi connectivity index (χ1v) is 14.1. The van der Waals surface area contributed by atoms with Crippen LogP contribution >= 0.6 is 0 Å². The third-order valence-corrected chi connectivity index (χ3v) is 8.35. The SMILES string of the molecule is CC1CN(c2cc(F)c(-c3ccc(N4CCN(C)CC4)nc3)cc2NC(=O)c2ccc(=O)n(C)c2C(F)(F)F)CCN1C. The lowest BCUT2D eigenvalue weighted by Gasteiger charge is -2.39. The summed E-state index contributed by atoms with van der Waals surface area (Å²) in [4.78, 5) is 38.4. The number of benzene rings is 1. The summed E-state index contributed by atoms with van der Waals surface area (Å²) in [6.07, 6.45) is -3.40. The summed E-state index contributed by atoms with van der Waals surface area (Å²) in [6.45, 7) is 7.17. The summed E-state index contributed by atoms with van der Waals surface area (Å²) >= 11 is 0. The summed E-state index contributed by atoms with van der Waals surface area (Å²) in [6, 6.07) is 8.20. The number of carbonyl (C=O) groups is 1. The molecule has 9 nitrogen and oxygen atoms in total. The maximum Gasteiger partial charge on any atom is 0.432 e. The van der Waals surface area contributed by atoms with E-state index in [0.717, 1.165) is 51.2 Å². The van der Waals surface area contributed by atoms with Gasteiger partial charge in [-0.05, 0) is 51.4 Å². The highest BCUT2D eigenvalue weighted by atomic mass is 19.4. The zero-order valence-electron chi connectivity index (χ0n) is 24.6. The number of nitrogens with one attached hydrogen (secondary N) is 1. The van der Waals surface area contributed by atoms with Crippen molar-refractivity contribution in [2.24, 2.45) is 7.05 Å². The van der Waals surface area contributed by atoms with Crippen molar-refractivity contribution in [3.63, 3.8) is 0 Å². The molecule has 0 bridgehead atoms. The van der Waals surface area contributed by atoms with Crippen LogP contribution in [0.5, 0.6) is 0 Å². The first-order valence-electron chi connectivity index (χ1n) is 14.1. The first-order chi connectivity index (χ1) is 20.3. The van der Waals surface area contributed by atoms with Crippen LogP contribution in [0, 0.1) is 5.82 Å². The Labute approximate surface area is 247 Å². The second-order valence-corrected chi connectivity index (χ2v) is 11.3. The van der Waals surface area contributed by atoms with E-state index in [2.05, 4.69) is 32.0 Å². The van der Waals surface area contributed by atoms with Gasteiger partial charge in [0.1, 0.15) is 17.3 Å². The van der Waals surface area contributed by atoms with Gasteiger partial charge >= 0.3 is 6.18 Å². The van der Waals surface area contributed by atoms with Gasteiger partial charge in [0.15, 0.2) is 0 Å². The van der Waals surface area contributed by atoms with E-state index < -0.39 is 34.7 Å². The van der Waals surface area contributed by atoms with Gasteiger partial charge in [-0.3, -0.25) is 9.59 Å². The lowest BCUT2D eigenvalue weighted by atomic mass is 10.0. The van der Waals surface area contributed by atoms with Crippen LogP contribution in [-0.4, -0.2) is 91.2 Å². The fraction of sp³-hybridized carbons (Fsp3) is 0.433. The third-order valence-electron chi connectivity index (χ3n) is 8.35. The molecule has 1 aromatic carbocycles. The largest absolute Gasteiger partial charge is 0.432 e. The van der Waals surface area contributed by atoms with Gasteiger partial charge in [-0.1, -0.05) is 0 Å². The van der Waals surface area contributed by atoms with Crippen molar-refractivity contribution in [2.75, 3.05) is 75.0 Å². The Hall–Kier alpha value is -3.97. The van der Waals surface area contributed by atoms with Crippen molar-refractivity contribution in [1.82, 2.24) is 19.4 Å². The van der Waals surface area contributed by atoms with E-state index in [1.165, 1.54) is 12.1 Å². The molecule has 4 heterocycles. The number of pyridine rings is 2. The normalized spacial score (nSPS) is 18.7. The first kappa shape index (κ1) is 30.5. The maximum atomic E-state index is 15.7. The summed E-state index contributed by atoms with van der Waals surface area (Å²) in [5.74, 6) is -0.845. The molecule has 2 aromatic heterocycles. The minimum absolute atomic E-state index is 0.117. The number of hydrogen-bond donors (Lipinski definition) is 1. The number of halogens is 4. The number of hydrogen-bond acceptors (Lipinski definition) is 7. The van der Waals surface area contributed by atoms with E-state index in [9.17, 15) is 22.8 Å². The molecular formula is C30H35F4N7O2. The molecule has 230 valence electrons. The Morgan fingerprint density at radius 3 is 2.28 bits per heavy atom. The molecule has 0 radical (unpaired) electrons. The second kappa shape index (κ2) is 12.0. The van der Waals surface area contributed by atoms with Gasteiger partial charge in [0.05, 0.1) is 16.9 Å². The molecule has 1 atom stereocenters. The Bertz CT molecular complexity index is 1550. The van der Waals surface area contributed by atoms with Crippen LogP contribution in [-0.2, 0) is 13.2 Å². The van der Waals surface area contributed by atoms with Gasteiger partial charge in [-0.2, -0.15) is 13.2 Å². The third kappa shape index (κ3) is 6.37. The smallest absolute Gasteiger partial charge is 0.367 e. The summed E-state index contributed by atoms with van der Waals surface area (Å²) in [5.41, 5.74) is -1.85. The molecule has 3 aromatic rings. The molecule has 1 N–H and O–H groups in total. The van der Waals surface area contributed by atoms with Crippen molar-refractivity contribution in [3.05, 3.63) is 70.0 Å². The van der Waals surface area contributed by atoms with Gasteiger partial charge in [-0.25, -0.2) is 9.37 Å². The van der Waals surface area contributed by atoms with Crippen LogP contribution < -0.4 is 20.7 Å². The number of likely N-dealkylation sites (N-methyl/N-ethyl adjacent to an activating group) is 2. The van der Waals surface area contributed by atoms with Crippen LogP contribution in [0.15, 0.2) is 47.4 Å². The molecule has 0 saturated carbocycles. The van der Waals surface area contributed by atoms with Crippen LogP contribution in [0.4, 0.5) is 34.8 Å². The molecule has 1 amide bonds. The van der Waals surface area contributed by atoms with E-state index in [-0.39, 0.29) is 17.3 Å². The Morgan fingerprint density at radius 1 is 0.953 bits per heavy atom. The standard InChI is InChI=1S/C30H35F4N7O2/c1-19-18-41(14-11-38(19)3)25-16-23(31)22(20-5-7-26(35-17-20)40-12-9-37(2)10-13-40)15-24(25)36-29(43)21-6-8-27(42)39(4)28(21)30(32,33)34/h5-8,15-17,19H,9-14,18H2,1-4H3,(H,36,43). The molecule has 0 aliphatic carbocycles. The Kier molecular flexibility index (Phi) is 8.48. The number of aromatic nitrogens is 2. The van der Waals surface area contributed by atoms with Crippen molar-refractivity contribution < 1.29 is 22.4 Å². The predicted octanol–water partition coefficient (Wildman–Crippen LogP) is 3.75. The number of anilines is 3. The number of amides is 1. The van der Waals surface area contributed by atoms with Crippen LogP contribution in [0.2, 0.25) is 0 Å². The van der Waals surface area contributed by atoms with Crippen molar-refractivity contribution in [3.8, 4) is 11.1 Å². The van der Waals surface area contributed by atoms with E-state index in [0.29, 0.717) is 35.5 Å². The van der Waals surface area contributed by atoms with Crippen molar-refractivity contribution in [2.45, 2.75) is 19.1 Å². The highest BCUT2D eigenvalue weighted by Crippen LogP contribution is 2.37. The topological polar surface area (TPSA) is 77.0 Å². The second-order valence-electron chi connectivity index (χ2n) is 11.3. The molecule has 2 aliphatic heterocycles. The summed E-state index contributed by atoms with van der Waals surface area (Å²) in [7, 11) is 5.00. The molecule has 13 heteroatoms. The molecule has 1 unspecified atom stereocenters. The molecule has 2 aliphatic rings. The maximum absolute atomic E-state index is 15.7. The van der Waals surface area contributed by atoms with Crippen LogP contribution in [0.3, 0.4) is 0 Å². The number of nitrogens with zero attached hydrogens (tertiary/aromatic N) is 6. The van der Waals surface area contributed by atoms with Gasteiger partial charge in [-0.15, -0.1) is 0 Å². The molecule has 2 saturated heterocycles. The molecular weight excluding hydrogens is 566 g/mol. The number of alkyl halides is 3. The minimum atomic E-state index is -4.96. The van der Waals surface area contributed by atoms with Gasteiger partial charge in [0.25, 0.3) is 11.5 Å². The average molecular weight is 602 g/mol. The Morgan fingerprint density at radius 2 is 1.65 bits per heavy atom. The van der Waals surface area contributed by atoms with Crippen molar-refractivity contribution in [1.29, 1.82) is 0 Å². The van der Waals surface area contributed by atoms with Gasteiger partial charge in [0.2, 0.25) is 0 Å². The average Bonchev–Trinajstić information content (AvgIpc) is 2.96. The number of rotatable bonds is 5. The zero-order valence-corrected chi connectivity index (χ0v) is 24.6. The van der Waals surface area contributed by atoms with E-state index in [4.69, 9.17) is 0 Å². The van der Waals surface area contributed by atoms with Crippen LogP contribution in [0.25, 0.3) is 11.1 Å². The number of piperazine rings is 2. The Balaban J connectivity index is 1.53. The molecule has 0 spiro atoms. The fourth-order valence-electron chi connectivity index (χ4n) is 5.53. The number of carbonyl (C=O) groups excluding carboxylic acids is 1. The fourth-order valence-corrected chi connectivity index (χ4v) is 5.53. The minimum Gasteiger partial charge on any atom is -0.367 e. The summed E-state index contributed by atoms with van der Waals surface area (Å²) in [5, 5.41) is 2.60. The monoisotopic (exact) mass is 601 g/mol. The van der Waals surface area contributed by atoms with Gasteiger partial charge < -0.3 is 29.5 Å². The zero-order chi connectivity index (χ0) is 31.1. The van der Waals surface area contributed by atoms with Crippen LogP contribution in [0.1, 0.15) is 23.0 Å².